The quantitative estimate of drug-likeness (QED) is 0.679. The fraction of sp³-hybridized carbons (Fsp3) is 0.304. The summed E-state index contributed by atoms with van der Waals surface area (Å²) in [4.78, 5) is 45.0. The van der Waals surface area contributed by atoms with Gasteiger partial charge in [0.1, 0.15) is 6.04 Å². The molecule has 32 heavy (non-hydrogen) atoms. The van der Waals surface area contributed by atoms with Crippen LogP contribution in [-0.4, -0.2) is 60.8 Å². The molecule has 0 aliphatic carbocycles. The summed E-state index contributed by atoms with van der Waals surface area (Å²) in [6.07, 6.45) is 0.00326. The van der Waals surface area contributed by atoms with E-state index in [9.17, 15) is 14.4 Å². The van der Waals surface area contributed by atoms with E-state index in [0.29, 0.717) is 30.4 Å². The molecule has 0 bridgehead atoms. The molecular weight excluding hydrogens is 408 g/mol. The van der Waals surface area contributed by atoms with Gasteiger partial charge in [-0.25, -0.2) is 4.99 Å². The molecule has 0 unspecified atom stereocenters. The van der Waals surface area contributed by atoms with Gasteiger partial charge in [-0.15, -0.1) is 0 Å². The highest BCUT2D eigenvalue weighted by Crippen LogP contribution is 2.18. The maximum absolute atomic E-state index is 12.7. The van der Waals surface area contributed by atoms with Gasteiger partial charge in [-0.2, -0.15) is 0 Å². The fourth-order valence-electron chi connectivity index (χ4n) is 3.77. The van der Waals surface area contributed by atoms with Crippen LogP contribution in [0.25, 0.3) is 0 Å². The van der Waals surface area contributed by atoms with E-state index in [1.54, 1.807) is 24.3 Å². The first-order valence-corrected chi connectivity index (χ1v) is 10.6. The molecule has 3 amide bonds. The Balaban J connectivity index is 1.38. The number of hydrogen-bond donors (Lipinski definition) is 3. The van der Waals surface area contributed by atoms with Gasteiger partial charge in [-0.3, -0.25) is 19.7 Å². The van der Waals surface area contributed by atoms with Gasteiger partial charge < -0.3 is 20.4 Å². The molecule has 2 heterocycles. The summed E-state index contributed by atoms with van der Waals surface area (Å²) < 4.78 is 0. The van der Waals surface area contributed by atoms with Crippen molar-refractivity contribution in [3.63, 3.8) is 0 Å². The molecule has 1 saturated heterocycles. The molecule has 0 spiro atoms. The molecule has 0 radical (unpaired) electrons. The van der Waals surface area contributed by atoms with E-state index >= 15 is 0 Å². The predicted molar refractivity (Wildman–Crippen MR) is 124 cm³/mol. The van der Waals surface area contributed by atoms with Crippen molar-refractivity contribution in [1.82, 2.24) is 10.2 Å². The zero-order valence-electron chi connectivity index (χ0n) is 17.9. The molecule has 2 aromatic rings. The molecular formula is C23H26N6O3. The smallest absolute Gasteiger partial charge is 0.249 e. The average Bonchev–Trinajstić information content (AvgIpc) is 2.80. The fourth-order valence-corrected chi connectivity index (χ4v) is 3.77. The number of piperazine rings is 1. The first-order valence-electron chi connectivity index (χ1n) is 10.6. The maximum Gasteiger partial charge on any atom is 0.249 e. The van der Waals surface area contributed by atoms with Gasteiger partial charge in [0.2, 0.25) is 23.7 Å². The lowest BCUT2D eigenvalue weighted by Crippen LogP contribution is -2.56. The minimum atomic E-state index is -0.791. The second kappa shape index (κ2) is 9.51. The third kappa shape index (κ3) is 5.23. The number of nitrogens with zero attached hydrogens (tertiary/aromatic N) is 3. The zero-order valence-corrected chi connectivity index (χ0v) is 17.9. The van der Waals surface area contributed by atoms with Crippen LogP contribution in [0.4, 0.5) is 17.1 Å². The monoisotopic (exact) mass is 434 g/mol. The number of anilines is 3. The number of nitrogens with one attached hydrogen (secondary N) is 3. The summed E-state index contributed by atoms with van der Waals surface area (Å²) in [6.45, 7) is 4.44. The molecule has 9 nitrogen and oxygen atoms in total. The average molecular weight is 435 g/mol. The molecule has 3 N–H and O–H groups in total. The van der Waals surface area contributed by atoms with Crippen molar-refractivity contribution in [2.24, 2.45) is 4.99 Å². The van der Waals surface area contributed by atoms with Crippen LogP contribution in [0, 0.1) is 0 Å². The normalized spacial score (nSPS) is 18.5. The van der Waals surface area contributed by atoms with Crippen LogP contribution in [0.1, 0.15) is 13.3 Å². The molecule has 1 fully saturated rings. The first-order chi connectivity index (χ1) is 15.5. The van der Waals surface area contributed by atoms with Crippen LogP contribution in [0.3, 0.4) is 0 Å². The van der Waals surface area contributed by atoms with E-state index in [0.717, 1.165) is 13.1 Å². The van der Waals surface area contributed by atoms with Crippen LogP contribution in [0.15, 0.2) is 59.6 Å². The van der Waals surface area contributed by atoms with Crippen molar-refractivity contribution in [2.45, 2.75) is 19.4 Å². The van der Waals surface area contributed by atoms with Crippen LogP contribution in [0.2, 0.25) is 0 Å². The number of benzene rings is 2. The standard InChI is InChI=1S/C23H26N6O3/c1-16(30)24-17-7-9-18(10-8-17)25-22(32)20-15-21(31)27-23(26-20)29-13-11-28(12-14-29)19-5-3-2-4-6-19/h2-10,20H,11-15H2,1H3,(H,24,30)(H,25,32)(H,26,27,31)/t20-/m1/s1. The minimum Gasteiger partial charge on any atom is -0.368 e. The molecule has 0 saturated carbocycles. The Kier molecular flexibility index (Phi) is 6.34. The number of aliphatic imine (C=N–C) groups is 1. The predicted octanol–water partition coefficient (Wildman–Crippen LogP) is 1.65. The second-order valence-electron chi connectivity index (χ2n) is 7.78. The molecule has 9 heteroatoms. The Morgan fingerprint density at radius 1 is 0.906 bits per heavy atom. The lowest BCUT2D eigenvalue weighted by Gasteiger charge is -2.38. The molecule has 1 atom stereocenters. The summed E-state index contributed by atoms with van der Waals surface area (Å²) in [5.41, 5.74) is 2.38. The highest BCUT2D eigenvalue weighted by molar-refractivity contribution is 6.06. The molecule has 4 rings (SSSR count). The van der Waals surface area contributed by atoms with Crippen LogP contribution in [0.5, 0.6) is 0 Å². The second-order valence-corrected chi connectivity index (χ2v) is 7.78. The zero-order chi connectivity index (χ0) is 22.5. The molecule has 2 aromatic carbocycles. The summed E-state index contributed by atoms with van der Waals surface area (Å²) in [5, 5.41) is 8.29. The van der Waals surface area contributed by atoms with E-state index in [4.69, 9.17) is 0 Å². The first kappa shape index (κ1) is 21.4. The number of hydrogen-bond acceptors (Lipinski definition) is 6. The van der Waals surface area contributed by atoms with E-state index in [2.05, 4.69) is 38.0 Å². The molecule has 2 aliphatic heterocycles. The van der Waals surface area contributed by atoms with E-state index < -0.39 is 6.04 Å². The lowest BCUT2D eigenvalue weighted by molar-refractivity contribution is -0.125. The summed E-state index contributed by atoms with van der Waals surface area (Å²) >= 11 is 0. The summed E-state index contributed by atoms with van der Waals surface area (Å²) in [6, 6.07) is 16.2. The van der Waals surface area contributed by atoms with Crippen molar-refractivity contribution in [2.75, 3.05) is 41.7 Å². The number of amides is 3. The van der Waals surface area contributed by atoms with Crippen molar-refractivity contribution in [3.05, 3.63) is 54.6 Å². The Hall–Kier alpha value is -3.88. The minimum absolute atomic E-state index is 0.00326. The van der Waals surface area contributed by atoms with Gasteiger partial charge in [0, 0.05) is 50.2 Å². The van der Waals surface area contributed by atoms with Gasteiger partial charge in [0.25, 0.3) is 0 Å². The van der Waals surface area contributed by atoms with Crippen LogP contribution in [-0.2, 0) is 14.4 Å². The third-order valence-electron chi connectivity index (χ3n) is 5.38. The highest BCUT2D eigenvalue weighted by atomic mass is 16.2. The van der Waals surface area contributed by atoms with Crippen molar-refractivity contribution in [1.29, 1.82) is 0 Å². The number of carbonyl (C=O) groups excluding carboxylic acids is 3. The Morgan fingerprint density at radius 2 is 1.50 bits per heavy atom. The van der Waals surface area contributed by atoms with E-state index in [1.165, 1.54) is 12.6 Å². The maximum atomic E-state index is 12.7. The van der Waals surface area contributed by atoms with Gasteiger partial charge in [-0.1, -0.05) is 18.2 Å². The van der Waals surface area contributed by atoms with Crippen molar-refractivity contribution >= 4 is 40.7 Å². The van der Waals surface area contributed by atoms with Crippen molar-refractivity contribution in [3.8, 4) is 0 Å². The topological polar surface area (TPSA) is 106 Å². The van der Waals surface area contributed by atoms with Gasteiger partial charge in [0.05, 0.1) is 6.42 Å². The van der Waals surface area contributed by atoms with Gasteiger partial charge >= 0.3 is 0 Å². The molecule has 2 aliphatic rings. The number of rotatable bonds is 4. The summed E-state index contributed by atoms with van der Waals surface area (Å²) in [5.74, 6) is -0.272. The van der Waals surface area contributed by atoms with Gasteiger partial charge in [-0.05, 0) is 36.4 Å². The van der Waals surface area contributed by atoms with E-state index in [1.807, 2.05) is 23.1 Å². The van der Waals surface area contributed by atoms with Crippen molar-refractivity contribution < 1.29 is 14.4 Å². The van der Waals surface area contributed by atoms with Crippen LogP contribution < -0.4 is 20.9 Å². The Morgan fingerprint density at radius 3 is 2.12 bits per heavy atom. The largest absolute Gasteiger partial charge is 0.368 e. The number of carbonyl (C=O) groups is 3. The molecule has 166 valence electrons. The summed E-state index contributed by atoms with van der Waals surface area (Å²) in [7, 11) is 0. The third-order valence-corrected chi connectivity index (χ3v) is 5.38. The van der Waals surface area contributed by atoms with Gasteiger partial charge in [0.15, 0.2) is 0 Å². The molecule has 0 aromatic heterocycles. The lowest BCUT2D eigenvalue weighted by atomic mass is 10.1. The highest BCUT2D eigenvalue weighted by Gasteiger charge is 2.30. The SMILES string of the molecule is CC(=O)Nc1ccc(NC(=O)[C@H]2CC(=O)NC(N3CCN(c4ccccc4)CC3)=N2)cc1. The number of para-hydroxylation sites is 1. The number of guanidine groups is 1. The van der Waals surface area contributed by atoms with Crippen LogP contribution >= 0.6 is 0 Å². The Labute approximate surface area is 186 Å². The van der Waals surface area contributed by atoms with E-state index in [-0.39, 0.29) is 24.1 Å². The Bertz CT molecular complexity index is 1010.